The lowest BCUT2D eigenvalue weighted by molar-refractivity contribution is -0.137. The van der Waals surface area contributed by atoms with Crippen LogP contribution in [0.15, 0.2) is 72.3 Å². The lowest BCUT2D eigenvalue weighted by Crippen LogP contribution is -2.30. The zero-order chi connectivity index (χ0) is 25.5. The minimum absolute atomic E-state index is 0.0795. The van der Waals surface area contributed by atoms with Crippen molar-refractivity contribution in [1.82, 2.24) is 0 Å². The fourth-order valence-corrected chi connectivity index (χ4v) is 4.07. The molecular weight excluding hydrogens is 466 g/mol. The number of anilines is 1. The Bertz CT molecular complexity index is 1360. The number of carbonyl (C=O) groups excluding carboxylic acids is 2. The number of alkyl halides is 3. The van der Waals surface area contributed by atoms with Crippen molar-refractivity contribution in [1.29, 1.82) is 0 Å². The van der Waals surface area contributed by atoms with E-state index in [0.717, 1.165) is 23.1 Å². The predicted molar refractivity (Wildman–Crippen MR) is 120 cm³/mol. The zero-order valence-corrected chi connectivity index (χ0v) is 18.6. The molecule has 3 aromatic carbocycles. The van der Waals surface area contributed by atoms with Crippen LogP contribution in [0.1, 0.15) is 28.3 Å². The van der Waals surface area contributed by atoms with Gasteiger partial charge in [-0.1, -0.05) is 35.9 Å². The average Bonchev–Trinajstić information content (AvgIpc) is 3.08. The van der Waals surface area contributed by atoms with Crippen molar-refractivity contribution in [3.63, 3.8) is 0 Å². The Balaban J connectivity index is 2.01. The molecule has 0 aliphatic carbocycles. The SMILES string of the molecule is COc1ccc(C)cc1/C(O)=C1\C(=O)C(=O)N(c2cccc(C(F)(F)F)c2)C1c1ccccc1F. The highest BCUT2D eigenvalue weighted by molar-refractivity contribution is 6.51. The number of hydrogen-bond acceptors (Lipinski definition) is 4. The predicted octanol–water partition coefficient (Wildman–Crippen LogP) is 5.79. The summed E-state index contributed by atoms with van der Waals surface area (Å²) in [6, 6.07) is 12.3. The molecule has 9 heteroatoms. The normalized spacial score (nSPS) is 17.7. The summed E-state index contributed by atoms with van der Waals surface area (Å²) in [5, 5.41) is 11.2. The van der Waals surface area contributed by atoms with E-state index in [2.05, 4.69) is 0 Å². The van der Waals surface area contributed by atoms with Gasteiger partial charge in [-0.2, -0.15) is 13.2 Å². The number of hydrogen-bond donors (Lipinski definition) is 1. The fraction of sp³-hybridized carbons (Fsp3) is 0.154. The molecule has 1 atom stereocenters. The van der Waals surface area contributed by atoms with Crippen molar-refractivity contribution in [2.45, 2.75) is 19.1 Å². The van der Waals surface area contributed by atoms with Gasteiger partial charge in [-0.3, -0.25) is 14.5 Å². The van der Waals surface area contributed by atoms with E-state index in [9.17, 15) is 32.3 Å². The molecule has 0 radical (unpaired) electrons. The molecule has 1 aliphatic rings. The number of benzene rings is 3. The van der Waals surface area contributed by atoms with Crippen molar-refractivity contribution in [2.24, 2.45) is 0 Å². The van der Waals surface area contributed by atoms with E-state index in [1.807, 2.05) is 0 Å². The van der Waals surface area contributed by atoms with E-state index in [4.69, 9.17) is 4.74 Å². The number of aliphatic hydroxyl groups excluding tert-OH is 1. The number of aliphatic hydroxyl groups is 1. The number of rotatable bonds is 4. The third-order valence-corrected chi connectivity index (χ3v) is 5.71. The molecule has 4 rings (SSSR count). The summed E-state index contributed by atoms with van der Waals surface area (Å²) in [5.74, 6) is -3.63. The van der Waals surface area contributed by atoms with Gasteiger partial charge in [-0.05, 0) is 43.3 Å². The van der Waals surface area contributed by atoms with Crippen LogP contribution >= 0.6 is 0 Å². The smallest absolute Gasteiger partial charge is 0.416 e. The summed E-state index contributed by atoms with van der Waals surface area (Å²) in [5.41, 5.74) is -1.19. The highest BCUT2D eigenvalue weighted by Gasteiger charge is 2.48. The van der Waals surface area contributed by atoms with Gasteiger partial charge in [-0.25, -0.2) is 4.39 Å². The number of ether oxygens (including phenoxy) is 1. The number of halogens is 4. The third kappa shape index (κ3) is 4.25. The van der Waals surface area contributed by atoms with Crippen LogP contribution in [-0.2, 0) is 15.8 Å². The molecule has 0 spiro atoms. The molecule has 1 heterocycles. The summed E-state index contributed by atoms with van der Waals surface area (Å²) in [4.78, 5) is 27.1. The molecule has 1 aliphatic heterocycles. The number of amides is 1. The van der Waals surface area contributed by atoms with Gasteiger partial charge in [0.1, 0.15) is 17.3 Å². The summed E-state index contributed by atoms with van der Waals surface area (Å²) >= 11 is 0. The van der Waals surface area contributed by atoms with Crippen LogP contribution in [0.4, 0.5) is 23.2 Å². The van der Waals surface area contributed by atoms with Gasteiger partial charge >= 0.3 is 6.18 Å². The minimum atomic E-state index is -4.72. The number of Topliss-reactive ketones (excluding diaryl/α,β-unsaturated/α-hetero) is 1. The van der Waals surface area contributed by atoms with Gasteiger partial charge in [-0.15, -0.1) is 0 Å². The number of ketones is 1. The van der Waals surface area contributed by atoms with E-state index < -0.39 is 46.6 Å². The summed E-state index contributed by atoms with van der Waals surface area (Å²) in [6.45, 7) is 1.73. The number of nitrogens with zero attached hydrogens (tertiary/aromatic N) is 1. The molecule has 0 saturated carbocycles. The monoisotopic (exact) mass is 485 g/mol. The summed E-state index contributed by atoms with van der Waals surface area (Å²) in [7, 11) is 1.34. The maximum absolute atomic E-state index is 14.9. The highest BCUT2D eigenvalue weighted by atomic mass is 19.4. The first-order valence-corrected chi connectivity index (χ1v) is 10.4. The molecular formula is C26H19F4NO4. The molecule has 1 amide bonds. The standard InChI is InChI=1S/C26H19F4NO4/c1-14-10-11-20(35-2)18(12-14)23(32)21-22(17-8-3-4-9-19(17)27)31(25(34)24(21)33)16-7-5-6-15(13-16)26(28,29)30/h3-13,22,32H,1-2H3/b23-21+. The molecule has 180 valence electrons. The topological polar surface area (TPSA) is 66.8 Å². The van der Waals surface area contributed by atoms with E-state index >= 15 is 0 Å². The lowest BCUT2D eigenvalue weighted by atomic mass is 9.94. The molecule has 35 heavy (non-hydrogen) atoms. The molecule has 1 saturated heterocycles. The van der Waals surface area contributed by atoms with Gasteiger partial charge in [0.15, 0.2) is 0 Å². The first-order chi connectivity index (χ1) is 16.5. The lowest BCUT2D eigenvalue weighted by Gasteiger charge is -2.26. The number of methoxy groups -OCH3 is 1. The van der Waals surface area contributed by atoms with Crippen molar-refractivity contribution in [3.05, 3.63) is 100 Å². The molecule has 5 nitrogen and oxygen atoms in total. The van der Waals surface area contributed by atoms with Crippen LogP contribution in [0, 0.1) is 12.7 Å². The Kier molecular flexibility index (Phi) is 6.10. The van der Waals surface area contributed by atoms with Gasteiger partial charge < -0.3 is 9.84 Å². The average molecular weight is 485 g/mol. The van der Waals surface area contributed by atoms with Crippen LogP contribution in [0.25, 0.3) is 5.76 Å². The van der Waals surface area contributed by atoms with E-state index in [1.165, 1.54) is 37.4 Å². The molecule has 1 N–H and O–H groups in total. The third-order valence-electron chi connectivity index (χ3n) is 5.71. The number of aryl methyl sites for hydroxylation is 1. The molecule has 0 aromatic heterocycles. The maximum atomic E-state index is 14.9. The molecule has 0 bridgehead atoms. The minimum Gasteiger partial charge on any atom is -0.507 e. The summed E-state index contributed by atoms with van der Waals surface area (Å²) in [6.07, 6.45) is -4.72. The fourth-order valence-electron chi connectivity index (χ4n) is 4.07. The van der Waals surface area contributed by atoms with E-state index in [-0.39, 0.29) is 22.6 Å². The van der Waals surface area contributed by atoms with E-state index in [0.29, 0.717) is 11.6 Å². The Morgan fingerprint density at radius 3 is 2.37 bits per heavy atom. The van der Waals surface area contributed by atoms with Gasteiger partial charge in [0.25, 0.3) is 11.7 Å². The van der Waals surface area contributed by atoms with Crippen molar-refractivity contribution in [3.8, 4) is 5.75 Å². The highest BCUT2D eigenvalue weighted by Crippen LogP contribution is 2.45. The maximum Gasteiger partial charge on any atom is 0.416 e. The molecule has 3 aromatic rings. The van der Waals surface area contributed by atoms with Crippen LogP contribution in [0.3, 0.4) is 0 Å². The Hall–Kier alpha value is -4.14. The second-order valence-electron chi connectivity index (χ2n) is 7.94. The Morgan fingerprint density at radius 1 is 1.00 bits per heavy atom. The van der Waals surface area contributed by atoms with Gasteiger partial charge in [0.05, 0.1) is 29.9 Å². The van der Waals surface area contributed by atoms with Crippen LogP contribution in [-0.4, -0.2) is 23.9 Å². The van der Waals surface area contributed by atoms with Gasteiger partial charge in [0, 0.05) is 11.3 Å². The molecule has 1 unspecified atom stereocenters. The van der Waals surface area contributed by atoms with E-state index in [1.54, 1.807) is 19.1 Å². The second-order valence-corrected chi connectivity index (χ2v) is 7.94. The first kappa shape index (κ1) is 24.0. The van der Waals surface area contributed by atoms with Gasteiger partial charge in [0.2, 0.25) is 0 Å². The quantitative estimate of drug-likeness (QED) is 0.220. The largest absolute Gasteiger partial charge is 0.507 e. The van der Waals surface area contributed by atoms with Crippen molar-refractivity contribution < 1.29 is 37.0 Å². The molecule has 1 fully saturated rings. The Labute approximate surface area is 197 Å². The second kappa shape index (κ2) is 8.90. The van der Waals surface area contributed by atoms with Crippen molar-refractivity contribution >= 4 is 23.1 Å². The van der Waals surface area contributed by atoms with Crippen LogP contribution in [0.2, 0.25) is 0 Å². The first-order valence-electron chi connectivity index (χ1n) is 10.4. The Morgan fingerprint density at radius 2 is 1.71 bits per heavy atom. The van der Waals surface area contributed by atoms with Crippen LogP contribution in [0.5, 0.6) is 5.75 Å². The van der Waals surface area contributed by atoms with Crippen molar-refractivity contribution in [2.75, 3.05) is 12.0 Å². The zero-order valence-electron chi connectivity index (χ0n) is 18.6. The number of carbonyl (C=O) groups is 2. The van der Waals surface area contributed by atoms with Crippen LogP contribution < -0.4 is 9.64 Å². The summed E-state index contributed by atoms with van der Waals surface area (Å²) < 4.78 is 60.3.